The normalized spacial score (nSPS) is 21.8. The van der Waals surface area contributed by atoms with Crippen molar-refractivity contribution in [3.05, 3.63) is 35.4 Å². The van der Waals surface area contributed by atoms with E-state index >= 15 is 0 Å². The summed E-state index contributed by atoms with van der Waals surface area (Å²) in [6, 6.07) is 7.89. The maximum atomic E-state index is 12.9. The second kappa shape index (κ2) is 7.79. The molecule has 1 aromatic carbocycles. The zero-order valence-corrected chi connectivity index (χ0v) is 14.2. The molecule has 5 heteroatoms. The molecule has 0 aromatic heterocycles. The van der Waals surface area contributed by atoms with Gasteiger partial charge in [0.25, 0.3) is 5.91 Å². The molecule has 0 aliphatic carbocycles. The van der Waals surface area contributed by atoms with Crippen LogP contribution in [-0.2, 0) is 11.3 Å². The number of piperidine rings is 1. The van der Waals surface area contributed by atoms with Crippen LogP contribution in [0.4, 0.5) is 0 Å². The molecule has 2 fully saturated rings. The molecular formula is C19H27N3O2. The number of hydrogen-bond donors (Lipinski definition) is 1. The quantitative estimate of drug-likeness (QED) is 0.900. The Morgan fingerprint density at radius 3 is 2.58 bits per heavy atom. The van der Waals surface area contributed by atoms with E-state index in [1.165, 1.54) is 18.4 Å². The van der Waals surface area contributed by atoms with Crippen molar-refractivity contribution in [1.29, 1.82) is 0 Å². The maximum absolute atomic E-state index is 12.9. The van der Waals surface area contributed by atoms with Gasteiger partial charge in [-0.15, -0.1) is 0 Å². The van der Waals surface area contributed by atoms with Crippen molar-refractivity contribution in [3.8, 4) is 0 Å². The summed E-state index contributed by atoms with van der Waals surface area (Å²) in [5.74, 6) is -0.299. The Kier molecular flexibility index (Phi) is 5.51. The van der Waals surface area contributed by atoms with Gasteiger partial charge in [0, 0.05) is 31.1 Å². The van der Waals surface area contributed by atoms with Crippen LogP contribution < -0.4 is 5.73 Å². The van der Waals surface area contributed by atoms with Gasteiger partial charge in [-0.2, -0.15) is 0 Å². The number of hydrogen-bond acceptors (Lipinski definition) is 3. The molecule has 0 unspecified atom stereocenters. The van der Waals surface area contributed by atoms with Crippen molar-refractivity contribution >= 4 is 11.8 Å². The summed E-state index contributed by atoms with van der Waals surface area (Å²) in [5.41, 5.74) is 7.27. The summed E-state index contributed by atoms with van der Waals surface area (Å²) in [4.78, 5) is 28.5. The molecule has 0 radical (unpaired) electrons. The lowest BCUT2D eigenvalue weighted by molar-refractivity contribution is -0.119. The molecule has 2 heterocycles. The predicted molar refractivity (Wildman–Crippen MR) is 93.4 cm³/mol. The lowest BCUT2D eigenvalue weighted by Gasteiger charge is -2.35. The lowest BCUT2D eigenvalue weighted by atomic mass is 9.97. The van der Waals surface area contributed by atoms with Crippen LogP contribution >= 0.6 is 0 Å². The van der Waals surface area contributed by atoms with Crippen molar-refractivity contribution in [1.82, 2.24) is 9.80 Å². The Morgan fingerprint density at radius 2 is 1.83 bits per heavy atom. The number of primary amides is 1. The number of rotatable bonds is 5. The van der Waals surface area contributed by atoms with Crippen molar-refractivity contribution in [2.75, 3.05) is 19.6 Å². The van der Waals surface area contributed by atoms with E-state index in [4.69, 9.17) is 5.73 Å². The number of carbonyl (C=O) groups is 2. The van der Waals surface area contributed by atoms with E-state index in [0.717, 1.165) is 44.5 Å². The Hall–Kier alpha value is -1.88. The molecule has 0 bridgehead atoms. The number of amides is 2. The van der Waals surface area contributed by atoms with Crippen LogP contribution in [0.3, 0.4) is 0 Å². The van der Waals surface area contributed by atoms with Gasteiger partial charge in [0.15, 0.2) is 0 Å². The minimum absolute atomic E-state index is 0.0317. The van der Waals surface area contributed by atoms with E-state index in [0.29, 0.717) is 6.54 Å². The van der Waals surface area contributed by atoms with Crippen LogP contribution in [0, 0.1) is 0 Å². The number of likely N-dealkylation sites (tertiary alicyclic amines) is 2. The Bertz CT molecular complexity index is 596. The first kappa shape index (κ1) is 17.0. The van der Waals surface area contributed by atoms with Gasteiger partial charge in [0.05, 0.1) is 0 Å². The molecular weight excluding hydrogens is 302 g/mol. The third-order valence-electron chi connectivity index (χ3n) is 5.10. The number of nitrogens with two attached hydrogens (primary N) is 1. The third-order valence-corrected chi connectivity index (χ3v) is 5.10. The van der Waals surface area contributed by atoms with Crippen LogP contribution in [0.5, 0.6) is 0 Å². The van der Waals surface area contributed by atoms with E-state index in [2.05, 4.69) is 11.0 Å². The summed E-state index contributed by atoms with van der Waals surface area (Å²) in [6.07, 6.45) is 5.70. The largest absolute Gasteiger partial charge is 0.370 e. The monoisotopic (exact) mass is 329 g/mol. The summed E-state index contributed by atoms with van der Waals surface area (Å²) in [7, 11) is 0. The second-order valence-electron chi connectivity index (χ2n) is 7.00. The molecule has 2 aliphatic heterocycles. The predicted octanol–water partition coefficient (Wildman–Crippen LogP) is 2.15. The fourth-order valence-corrected chi connectivity index (χ4v) is 3.88. The topological polar surface area (TPSA) is 66.6 Å². The summed E-state index contributed by atoms with van der Waals surface area (Å²) in [5, 5.41) is 0. The number of benzene rings is 1. The second-order valence-corrected chi connectivity index (χ2v) is 7.00. The van der Waals surface area contributed by atoms with Crippen LogP contribution in [0.25, 0.3) is 0 Å². The Balaban J connectivity index is 1.71. The van der Waals surface area contributed by atoms with E-state index < -0.39 is 0 Å². The first-order valence-corrected chi connectivity index (χ1v) is 9.04. The number of nitrogens with zero attached hydrogens (tertiary/aromatic N) is 2. The van der Waals surface area contributed by atoms with Gasteiger partial charge in [-0.05, 0) is 62.9 Å². The van der Waals surface area contributed by atoms with Crippen LogP contribution in [0.1, 0.15) is 54.4 Å². The highest BCUT2D eigenvalue weighted by Crippen LogP contribution is 2.23. The van der Waals surface area contributed by atoms with Crippen molar-refractivity contribution < 1.29 is 9.59 Å². The van der Waals surface area contributed by atoms with Gasteiger partial charge in [-0.1, -0.05) is 12.1 Å². The highest BCUT2D eigenvalue weighted by Gasteiger charge is 2.28. The average molecular weight is 329 g/mol. The summed E-state index contributed by atoms with van der Waals surface area (Å²) < 4.78 is 0. The fraction of sp³-hybridized carbons (Fsp3) is 0.579. The summed E-state index contributed by atoms with van der Waals surface area (Å²) >= 11 is 0. The molecule has 2 saturated heterocycles. The van der Waals surface area contributed by atoms with Crippen LogP contribution in [0.15, 0.2) is 24.3 Å². The average Bonchev–Trinajstić information content (AvgIpc) is 3.07. The Morgan fingerprint density at radius 1 is 1.08 bits per heavy atom. The summed E-state index contributed by atoms with van der Waals surface area (Å²) in [6.45, 7) is 3.91. The van der Waals surface area contributed by atoms with E-state index in [-0.39, 0.29) is 24.3 Å². The van der Waals surface area contributed by atoms with Gasteiger partial charge in [0.2, 0.25) is 5.91 Å². The first-order valence-electron chi connectivity index (χ1n) is 9.04. The van der Waals surface area contributed by atoms with Crippen molar-refractivity contribution in [2.24, 2.45) is 5.73 Å². The van der Waals surface area contributed by atoms with Crippen LogP contribution in [0.2, 0.25) is 0 Å². The number of carbonyl (C=O) groups excluding carboxylic acids is 2. The molecule has 2 N–H and O–H groups in total. The van der Waals surface area contributed by atoms with E-state index in [1.54, 1.807) is 0 Å². The highest BCUT2D eigenvalue weighted by atomic mass is 16.2. The zero-order valence-electron chi connectivity index (χ0n) is 14.2. The fourth-order valence-electron chi connectivity index (χ4n) is 3.88. The van der Waals surface area contributed by atoms with Crippen LogP contribution in [-0.4, -0.2) is 47.3 Å². The third kappa shape index (κ3) is 4.15. The standard InChI is InChI=1S/C19H27N3O2/c20-18(23)13-17-8-1-2-11-22(17)19(24)16-7-5-6-15(12-16)14-21-9-3-4-10-21/h5-7,12,17H,1-4,8-11,13-14H2,(H2,20,23)/t17-/m0/s1. The van der Waals surface area contributed by atoms with Gasteiger partial charge in [-0.25, -0.2) is 0 Å². The van der Waals surface area contributed by atoms with E-state index in [9.17, 15) is 9.59 Å². The molecule has 2 amide bonds. The molecule has 0 spiro atoms. The first-order chi connectivity index (χ1) is 11.6. The molecule has 5 nitrogen and oxygen atoms in total. The van der Waals surface area contributed by atoms with Crippen molar-refractivity contribution in [3.63, 3.8) is 0 Å². The molecule has 3 rings (SSSR count). The molecule has 0 saturated carbocycles. The van der Waals surface area contributed by atoms with Gasteiger partial charge < -0.3 is 10.6 Å². The molecule has 24 heavy (non-hydrogen) atoms. The SMILES string of the molecule is NC(=O)C[C@@H]1CCCCN1C(=O)c1cccc(CN2CCCC2)c1. The minimum Gasteiger partial charge on any atom is -0.370 e. The maximum Gasteiger partial charge on any atom is 0.254 e. The molecule has 1 atom stereocenters. The lowest BCUT2D eigenvalue weighted by Crippen LogP contribution is -2.45. The highest BCUT2D eigenvalue weighted by molar-refractivity contribution is 5.95. The van der Waals surface area contributed by atoms with E-state index in [1.807, 2.05) is 23.1 Å². The van der Waals surface area contributed by atoms with Gasteiger partial charge in [0.1, 0.15) is 0 Å². The Labute approximate surface area is 143 Å². The van der Waals surface area contributed by atoms with Crippen molar-refractivity contribution in [2.45, 2.75) is 51.1 Å². The van der Waals surface area contributed by atoms with Gasteiger partial charge >= 0.3 is 0 Å². The molecule has 2 aliphatic rings. The molecule has 1 aromatic rings. The molecule has 130 valence electrons. The van der Waals surface area contributed by atoms with Gasteiger partial charge in [-0.3, -0.25) is 14.5 Å². The smallest absolute Gasteiger partial charge is 0.254 e. The minimum atomic E-state index is -0.331. The zero-order chi connectivity index (χ0) is 16.9.